The summed E-state index contributed by atoms with van der Waals surface area (Å²) >= 11 is 0. The molecule has 0 radical (unpaired) electrons. The third-order valence-corrected chi connectivity index (χ3v) is 7.21. The monoisotopic (exact) mass is 878 g/mol. The van der Waals surface area contributed by atoms with Gasteiger partial charge in [-0.3, -0.25) is 0 Å². The fourth-order valence-corrected chi connectivity index (χ4v) is 4.16. The maximum Gasteiger partial charge on any atom is 0.334 e. The highest BCUT2D eigenvalue weighted by atomic mass is 16.6. The summed E-state index contributed by atoms with van der Waals surface area (Å²) in [4.78, 5) is 71.3. The minimum atomic E-state index is -1.48. The average molecular weight is 879 g/mol. The van der Waals surface area contributed by atoms with Gasteiger partial charge in [-0.2, -0.15) is 0 Å². The Morgan fingerprint density at radius 2 is 0.517 bits per heavy atom. The summed E-state index contributed by atoms with van der Waals surface area (Å²) in [6, 6.07) is 0. The van der Waals surface area contributed by atoms with Crippen LogP contribution in [-0.2, 0) is 85.6 Å². The molecule has 350 valence electrons. The van der Waals surface area contributed by atoms with Gasteiger partial charge in [-0.05, 0) is 41.5 Å². The summed E-state index contributed by atoms with van der Waals surface area (Å²) < 4.78 is 65.7. The van der Waals surface area contributed by atoms with E-state index in [1.54, 1.807) is 0 Å². The smallest absolute Gasteiger partial charge is 0.334 e. The molecule has 0 saturated heterocycles. The van der Waals surface area contributed by atoms with E-state index in [1.165, 1.54) is 41.5 Å². The van der Waals surface area contributed by atoms with Crippen LogP contribution in [0.15, 0.2) is 0 Å². The molecule has 0 aliphatic heterocycles. The topological polar surface area (TPSA) is 335 Å². The third kappa shape index (κ3) is 26.5. The maximum absolute atomic E-state index is 12.0. The van der Waals surface area contributed by atoms with Crippen molar-refractivity contribution < 1.29 is 116 Å². The van der Waals surface area contributed by atoms with E-state index in [2.05, 4.69) is 0 Å². The Bertz CT molecular complexity index is 1130. The quantitative estimate of drug-likeness (QED) is 0.0201. The Morgan fingerprint density at radius 1 is 0.317 bits per heavy atom. The lowest BCUT2D eigenvalue weighted by molar-refractivity contribution is -0.208. The first-order valence-electron chi connectivity index (χ1n) is 19.0. The molecule has 0 spiro atoms. The predicted molar refractivity (Wildman–Crippen MR) is 196 cm³/mol. The van der Waals surface area contributed by atoms with Gasteiger partial charge in [0.2, 0.25) is 0 Å². The van der Waals surface area contributed by atoms with Gasteiger partial charge in [0.1, 0.15) is 101 Å². The summed E-state index contributed by atoms with van der Waals surface area (Å²) in [5, 5.41) is 57.1. The van der Waals surface area contributed by atoms with Crippen LogP contribution in [0, 0.1) is 0 Å². The van der Waals surface area contributed by atoms with Crippen molar-refractivity contribution in [2.45, 2.75) is 103 Å². The average Bonchev–Trinajstić information content (AvgIpc) is 3.18. The van der Waals surface area contributed by atoms with Crippen LogP contribution in [0.5, 0.6) is 0 Å². The Hall–Kier alpha value is -3.66. The van der Waals surface area contributed by atoms with Crippen molar-refractivity contribution in [1.29, 1.82) is 0 Å². The van der Waals surface area contributed by atoms with Crippen LogP contribution in [-0.4, -0.2) is 220 Å². The van der Waals surface area contributed by atoms with Crippen molar-refractivity contribution >= 4 is 35.8 Å². The van der Waals surface area contributed by atoms with E-state index < -0.39 is 150 Å². The van der Waals surface area contributed by atoms with Crippen LogP contribution in [0.4, 0.5) is 0 Å². The lowest BCUT2D eigenvalue weighted by atomic mass is 10.0. The van der Waals surface area contributed by atoms with Crippen LogP contribution in [0.25, 0.3) is 0 Å². The van der Waals surface area contributed by atoms with E-state index in [9.17, 15) is 59.4 Å². The number of aliphatic hydroxyl groups is 6. The SMILES string of the molecule is CC(O)C(=O)OCCOCC(OCCOC(=O)C(C)O)C(OCCOC(=O)C(C)O)C(OCCOC(=O)C(C)O)C(COCCOC(=O)C(C)O)OCCOC(=O)C(C)O. The Kier molecular flexibility index (Phi) is 31.0. The normalized spacial score (nSPS) is 16.4. The van der Waals surface area contributed by atoms with Gasteiger partial charge in [0, 0.05) is 0 Å². The molecule has 0 amide bonds. The maximum atomic E-state index is 12.0. The van der Waals surface area contributed by atoms with E-state index in [4.69, 9.17) is 56.8 Å². The molecule has 0 aromatic carbocycles. The van der Waals surface area contributed by atoms with Crippen molar-refractivity contribution in [2.24, 2.45) is 0 Å². The number of hydrogen-bond acceptors (Lipinski definition) is 24. The standard InChI is InChI=1S/C36H62O24/c1-21(37)31(43)55-9-7-49-19-27(51-11-15-57-33(45)23(3)39)29(53-13-17-59-35(47)25(5)41)30(54-14-18-60-36(48)26(6)42)28(52-12-16-58-34(46)24(4)40)20-50-8-10-56-32(44)22(2)38/h21-30,37-42H,7-20H2,1-6H3. The van der Waals surface area contributed by atoms with E-state index in [0.717, 1.165) is 0 Å². The zero-order chi connectivity index (χ0) is 45.6. The molecule has 0 aliphatic rings. The van der Waals surface area contributed by atoms with Crippen molar-refractivity contribution in [1.82, 2.24) is 0 Å². The molecule has 0 saturated carbocycles. The van der Waals surface area contributed by atoms with Gasteiger partial charge < -0.3 is 87.5 Å². The second-order valence-corrected chi connectivity index (χ2v) is 12.7. The van der Waals surface area contributed by atoms with Crippen LogP contribution in [0.3, 0.4) is 0 Å². The fourth-order valence-electron chi connectivity index (χ4n) is 4.16. The first-order valence-corrected chi connectivity index (χ1v) is 19.0. The van der Waals surface area contributed by atoms with Gasteiger partial charge in [-0.1, -0.05) is 0 Å². The van der Waals surface area contributed by atoms with Gasteiger partial charge in [0.15, 0.2) is 0 Å². The number of aliphatic hydroxyl groups excluding tert-OH is 6. The first-order chi connectivity index (χ1) is 28.3. The van der Waals surface area contributed by atoms with Gasteiger partial charge in [-0.25, -0.2) is 28.8 Å². The largest absolute Gasteiger partial charge is 0.461 e. The highest BCUT2D eigenvalue weighted by Crippen LogP contribution is 2.20. The van der Waals surface area contributed by atoms with Gasteiger partial charge in [-0.15, -0.1) is 0 Å². The predicted octanol–water partition coefficient (Wildman–Crippen LogP) is -3.90. The molecule has 60 heavy (non-hydrogen) atoms. The molecule has 0 bridgehead atoms. The van der Waals surface area contributed by atoms with Gasteiger partial charge in [0.05, 0.1) is 52.9 Å². The molecule has 0 heterocycles. The van der Waals surface area contributed by atoms with Crippen molar-refractivity contribution in [3.05, 3.63) is 0 Å². The zero-order valence-electron chi connectivity index (χ0n) is 34.7. The van der Waals surface area contributed by atoms with Gasteiger partial charge in [0.25, 0.3) is 0 Å². The second-order valence-electron chi connectivity index (χ2n) is 12.7. The summed E-state index contributed by atoms with van der Waals surface area (Å²) in [7, 11) is 0. The Morgan fingerprint density at radius 3 is 0.733 bits per heavy atom. The summed E-state index contributed by atoms with van der Waals surface area (Å²) in [5.74, 6) is -5.75. The van der Waals surface area contributed by atoms with Crippen LogP contribution >= 0.6 is 0 Å². The minimum Gasteiger partial charge on any atom is -0.461 e. The van der Waals surface area contributed by atoms with E-state index in [0.29, 0.717) is 0 Å². The summed E-state index contributed by atoms with van der Waals surface area (Å²) in [6.45, 7) is 2.00. The highest BCUT2D eigenvalue weighted by Gasteiger charge is 2.39. The van der Waals surface area contributed by atoms with Crippen LogP contribution < -0.4 is 0 Å². The molecule has 10 unspecified atom stereocenters. The minimum absolute atomic E-state index is 0.252. The number of carbonyl (C=O) groups excluding carboxylic acids is 6. The van der Waals surface area contributed by atoms with Crippen molar-refractivity contribution in [3.8, 4) is 0 Å². The Labute approximate surface area is 347 Å². The van der Waals surface area contributed by atoms with E-state index in [1.807, 2.05) is 0 Å². The van der Waals surface area contributed by atoms with Crippen LogP contribution in [0.2, 0.25) is 0 Å². The molecule has 24 nitrogen and oxygen atoms in total. The third-order valence-electron chi connectivity index (χ3n) is 7.21. The second kappa shape index (κ2) is 33.0. The molecule has 10 atom stereocenters. The molecule has 24 heteroatoms. The number of hydrogen-bond donors (Lipinski definition) is 6. The lowest BCUT2D eigenvalue weighted by Crippen LogP contribution is -2.53. The van der Waals surface area contributed by atoms with Gasteiger partial charge >= 0.3 is 35.8 Å². The fraction of sp³-hybridized carbons (Fsp3) is 0.833. The molecular formula is C36H62O24. The number of rotatable bonds is 35. The molecule has 6 N–H and O–H groups in total. The highest BCUT2D eigenvalue weighted by molar-refractivity contribution is 5.75. The summed E-state index contributed by atoms with van der Waals surface area (Å²) in [6.07, 6.45) is -14.0. The van der Waals surface area contributed by atoms with Crippen molar-refractivity contribution in [3.63, 3.8) is 0 Å². The molecule has 0 rings (SSSR count). The summed E-state index contributed by atoms with van der Waals surface area (Å²) in [5.41, 5.74) is 0. The lowest BCUT2D eigenvalue weighted by Gasteiger charge is -2.37. The molecular weight excluding hydrogens is 816 g/mol. The zero-order valence-corrected chi connectivity index (χ0v) is 34.7. The Balaban J connectivity index is 6.91. The molecule has 0 aliphatic carbocycles. The number of carbonyl (C=O) groups is 6. The number of esters is 6. The van der Waals surface area contributed by atoms with Crippen LogP contribution in [0.1, 0.15) is 41.5 Å². The van der Waals surface area contributed by atoms with E-state index in [-0.39, 0.29) is 39.6 Å². The first kappa shape index (κ1) is 56.3. The molecule has 0 fully saturated rings. The number of ether oxygens (including phenoxy) is 12. The van der Waals surface area contributed by atoms with E-state index >= 15 is 0 Å². The van der Waals surface area contributed by atoms with Crippen molar-refractivity contribution in [2.75, 3.05) is 92.5 Å². The molecule has 0 aromatic rings. The molecule has 0 aromatic heterocycles.